The second kappa shape index (κ2) is 16.0. The fourth-order valence-corrected chi connectivity index (χ4v) is 11.9. The number of piperidine rings is 1. The van der Waals surface area contributed by atoms with Crippen LogP contribution in [0, 0.1) is 23.7 Å². The van der Waals surface area contributed by atoms with Crippen LogP contribution in [0.25, 0.3) is 0 Å². The highest BCUT2D eigenvalue weighted by atomic mass is 35.5. The minimum atomic E-state index is -4.16. The molecule has 0 radical (unpaired) electrons. The zero-order chi connectivity index (χ0) is 39.2. The topological polar surface area (TPSA) is 91.4 Å². The first-order valence-corrected chi connectivity index (χ1v) is 23.1. The third-order valence-corrected chi connectivity index (χ3v) is 15.7. The van der Waals surface area contributed by atoms with Gasteiger partial charge in [-0.15, -0.1) is 0 Å². The highest BCUT2D eigenvalue weighted by Crippen LogP contribution is 2.50. The Hall–Kier alpha value is -2.89. The van der Waals surface area contributed by atoms with Gasteiger partial charge in [0.1, 0.15) is 11.4 Å². The molecule has 1 spiro atoms. The number of hydrogen-bond donors (Lipinski definition) is 1. The Bertz CT molecular complexity index is 1950. The van der Waals surface area contributed by atoms with Crippen LogP contribution in [0.1, 0.15) is 93.6 Å². The lowest BCUT2D eigenvalue weighted by Crippen LogP contribution is -2.61. The molecule has 2 aromatic rings. The third-order valence-electron chi connectivity index (χ3n) is 13.9. The molecule has 6 aliphatic rings. The molecule has 0 aromatic heterocycles. The van der Waals surface area contributed by atoms with Crippen LogP contribution in [-0.2, 0) is 26.6 Å². The smallest absolute Gasteiger partial charge is 0.265 e. The maximum absolute atomic E-state index is 13.7. The predicted molar refractivity (Wildman–Crippen MR) is 224 cm³/mol. The molecule has 11 heteroatoms. The van der Waals surface area contributed by atoms with Crippen LogP contribution in [0.15, 0.2) is 60.0 Å². The van der Waals surface area contributed by atoms with Crippen LogP contribution in [0.2, 0.25) is 5.02 Å². The number of benzene rings is 2. The van der Waals surface area contributed by atoms with E-state index >= 15 is 0 Å². The maximum Gasteiger partial charge on any atom is 0.265 e. The molecule has 6 atom stereocenters. The first kappa shape index (κ1) is 39.9. The normalized spacial score (nSPS) is 33.0. The summed E-state index contributed by atoms with van der Waals surface area (Å²) in [5.74, 6) is 0.581. The van der Waals surface area contributed by atoms with E-state index in [0.717, 1.165) is 82.1 Å². The number of carbonyl (C=O) groups is 1. The summed E-state index contributed by atoms with van der Waals surface area (Å²) in [6.45, 7) is 18.1. The van der Waals surface area contributed by atoms with Crippen LogP contribution in [0.3, 0.4) is 0 Å². The average molecular weight is 806 g/mol. The minimum absolute atomic E-state index is 0.00367. The number of fused-ring (bicyclic) bond motifs is 5. The molecule has 304 valence electrons. The van der Waals surface area contributed by atoms with Crippen molar-refractivity contribution in [1.82, 2.24) is 14.5 Å². The molecule has 56 heavy (non-hydrogen) atoms. The van der Waals surface area contributed by atoms with Gasteiger partial charge in [-0.3, -0.25) is 14.6 Å². The number of nitrogens with zero attached hydrogens (tertiary/aromatic N) is 3. The lowest BCUT2D eigenvalue weighted by Gasteiger charge is -2.53. The van der Waals surface area contributed by atoms with Crippen LogP contribution in [0.5, 0.6) is 5.75 Å². The summed E-state index contributed by atoms with van der Waals surface area (Å²) in [5.41, 5.74) is 2.85. The summed E-state index contributed by atoms with van der Waals surface area (Å²) in [7, 11) is -4.16. The van der Waals surface area contributed by atoms with E-state index in [0.29, 0.717) is 43.3 Å². The molecule has 0 unspecified atom stereocenters. The maximum atomic E-state index is 13.7. The number of ether oxygens (including phenoxy) is 2. The SMILES string of the molecule is C=C1[C@@H](C)C/C=C/[C@@](CN2CCN3CCCC[C@@H]3C2)(OCC(C)C)[C@@H]2CC[C@H]2CN2C[C@@]3(CCCc4cc(Cl)ccc43)COc3ccc(cc32)C(=O)NS1(=O)=O. The molecule has 4 heterocycles. The lowest BCUT2D eigenvalue weighted by atomic mass is 9.63. The third kappa shape index (κ3) is 7.94. The Labute approximate surface area is 339 Å². The van der Waals surface area contributed by atoms with Gasteiger partial charge >= 0.3 is 0 Å². The van der Waals surface area contributed by atoms with Crippen LogP contribution in [-0.4, -0.2) is 94.8 Å². The van der Waals surface area contributed by atoms with Crippen molar-refractivity contribution in [2.24, 2.45) is 23.7 Å². The second-order valence-electron chi connectivity index (χ2n) is 18.3. The van der Waals surface area contributed by atoms with E-state index in [9.17, 15) is 13.2 Å². The number of halogens is 1. The van der Waals surface area contributed by atoms with E-state index in [1.54, 1.807) is 6.07 Å². The van der Waals surface area contributed by atoms with E-state index in [2.05, 4.69) is 64.1 Å². The van der Waals surface area contributed by atoms with Gasteiger partial charge < -0.3 is 14.4 Å². The molecule has 4 aliphatic heterocycles. The summed E-state index contributed by atoms with van der Waals surface area (Å²) in [4.78, 5) is 21.5. The zero-order valence-electron chi connectivity index (χ0n) is 33.6. The van der Waals surface area contributed by atoms with E-state index in [1.807, 2.05) is 25.1 Å². The van der Waals surface area contributed by atoms with Crippen molar-refractivity contribution in [1.29, 1.82) is 0 Å². The number of sulfonamides is 1. The number of amides is 1. The number of carbonyl (C=O) groups excluding carboxylic acids is 1. The number of anilines is 1. The molecule has 2 saturated heterocycles. The van der Waals surface area contributed by atoms with Gasteiger partial charge in [0.2, 0.25) is 0 Å². The molecule has 1 N–H and O–H groups in total. The summed E-state index contributed by atoms with van der Waals surface area (Å²) in [6.07, 6.45) is 13.9. The van der Waals surface area contributed by atoms with E-state index < -0.39 is 27.4 Å². The van der Waals surface area contributed by atoms with Gasteiger partial charge in [0.25, 0.3) is 15.9 Å². The van der Waals surface area contributed by atoms with Crippen molar-refractivity contribution in [2.45, 2.75) is 95.6 Å². The Morgan fingerprint density at radius 2 is 1.91 bits per heavy atom. The molecule has 2 bridgehead atoms. The van der Waals surface area contributed by atoms with Gasteiger partial charge in [-0.25, -0.2) is 13.1 Å². The van der Waals surface area contributed by atoms with Gasteiger partial charge in [0.15, 0.2) is 0 Å². The number of allylic oxidation sites excluding steroid dienone is 2. The second-order valence-corrected chi connectivity index (χ2v) is 20.4. The Morgan fingerprint density at radius 1 is 1.05 bits per heavy atom. The quantitative estimate of drug-likeness (QED) is 0.310. The Balaban J connectivity index is 1.21. The summed E-state index contributed by atoms with van der Waals surface area (Å²) in [5, 5.41) is 0.749. The number of aryl methyl sites for hydroxylation is 1. The fourth-order valence-electron chi connectivity index (χ4n) is 10.6. The lowest BCUT2D eigenvalue weighted by molar-refractivity contribution is -0.125. The summed E-state index contributed by atoms with van der Waals surface area (Å²) >= 11 is 6.54. The van der Waals surface area contributed by atoms with Gasteiger partial charge in [-0.05, 0) is 123 Å². The zero-order valence-corrected chi connectivity index (χ0v) is 35.2. The molecule has 2 aliphatic carbocycles. The molecule has 3 fully saturated rings. The van der Waals surface area contributed by atoms with E-state index in [-0.39, 0.29) is 21.8 Å². The molecule has 2 aromatic carbocycles. The van der Waals surface area contributed by atoms with Gasteiger partial charge in [0, 0.05) is 61.3 Å². The van der Waals surface area contributed by atoms with Crippen molar-refractivity contribution >= 4 is 33.2 Å². The molecular formula is C45H61ClN4O5S. The Morgan fingerprint density at radius 3 is 2.71 bits per heavy atom. The first-order chi connectivity index (χ1) is 26.8. The van der Waals surface area contributed by atoms with Crippen LogP contribution in [0.4, 0.5) is 5.69 Å². The summed E-state index contributed by atoms with van der Waals surface area (Å²) in [6, 6.07) is 12.2. The summed E-state index contributed by atoms with van der Waals surface area (Å²) < 4.78 is 43.7. The van der Waals surface area contributed by atoms with Gasteiger partial charge in [-0.1, -0.05) is 63.6 Å². The molecule has 1 amide bonds. The number of piperazine rings is 1. The van der Waals surface area contributed by atoms with Gasteiger partial charge in [-0.2, -0.15) is 0 Å². The predicted octanol–water partition coefficient (Wildman–Crippen LogP) is 7.59. The monoisotopic (exact) mass is 804 g/mol. The standard InChI is InChI=1S/C45H61ClN4O5S/c1-31(2)27-55-45(29-48-21-22-49-20-6-5-11-38(49)26-48)19-7-9-32(3)33(4)56(52,53)47-43(51)35-13-17-42-41(24-35)50(25-36-12-15-40(36)45)28-44(30-54-42)18-8-10-34-23-37(46)14-16-39(34)44/h7,13-14,16-17,19,23-24,31-32,36,38,40H,4-6,8-12,15,18,20-22,25-30H2,1-3H3,(H,47,51)/b19-7+/t32-,36-,38+,40+,44-,45-/m0/s1. The number of nitrogens with one attached hydrogen (secondary N) is 1. The average Bonchev–Trinajstić information content (AvgIpc) is 3.31. The van der Waals surface area contributed by atoms with Crippen LogP contribution < -0.4 is 14.4 Å². The molecule has 8 rings (SSSR count). The highest BCUT2D eigenvalue weighted by molar-refractivity contribution is 7.93. The number of hydrogen-bond acceptors (Lipinski definition) is 8. The fraction of sp³-hybridized carbons (Fsp3) is 0.622. The molecular weight excluding hydrogens is 744 g/mol. The van der Waals surface area contributed by atoms with Crippen molar-refractivity contribution in [2.75, 3.05) is 63.9 Å². The molecule has 1 saturated carbocycles. The van der Waals surface area contributed by atoms with Crippen LogP contribution >= 0.6 is 11.6 Å². The highest BCUT2D eigenvalue weighted by Gasteiger charge is 2.51. The first-order valence-electron chi connectivity index (χ1n) is 21.2. The van der Waals surface area contributed by atoms with Crippen molar-refractivity contribution in [3.8, 4) is 5.75 Å². The van der Waals surface area contributed by atoms with Gasteiger partial charge in [0.05, 0.1) is 23.8 Å². The minimum Gasteiger partial charge on any atom is -0.490 e. The van der Waals surface area contributed by atoms with Crippen molar-refractivity contribution in [3.05, 3.63) is 81.7 Å². The van der Waals surface area contributed by atoms with E-state index in [4.69, 9.17) is 21.1 Å². The number of rotatable bonds is 5. The largest absolute Gasteiger partial charge is 0.490 e. The van der Waals surface area contributed by atoms with E-state index in [1.165, 1.54) is 36.9 Å². The Kier molecular flexibility index (Phi) is 11.4. The van der Waals surface area contributed by atoms with Crippen molar-refractivity contribution < 1.29 is 22.7 Å². The molecule has 9 nitrogen and oxygen atoms in total. The van der Waals surface area contributed by atoms with Crippen molar-refractivity contribution in [3.63, 3.8) is 0 Å².